The van der Waals surface area contributed by atoms with Crippen molar-refractivity contribution < 1.29 is 72.1 Å². The van der Waals surface area contributed by atoms with Gasteiger partial charge in [0.25, 0.3) is 0 Å². The molecule has 1 amide bonds. The van der Waals surface area contributed by atoms with E-state index in [9.17, 15) is 39.0 Å². The summed E-state index contributed by atoms with van der Waals surface area (Å²) in [7, 11) is 9.08. The summed E-state index contributed by atoms with van der Waals surface area (Å²) in [5.74, 6) is 1.62. The molecule has 118 heavy (non-hydrogen) atoms. The lowest BCUT2D eigenvalue weighted by atomic mass is 9.63. The molecule has 0 aliphatic heterocycles. The largest absolute Gasteiger partial charge is 0.493 e. The summed E-state index contributed by atoms with van der Waals surface area (Å²) in [5, 5.41) is 44.6. The normalized spacial score (nSPS) is 21.9. The van der Waals surface area contributed by atoms with Crippen LogP contribution in [0.4, 0.5) is 0 Å². The summed E-state index contributed by atoms with van der Waals surface area (Å²) in [6.07, 6.45) is 49.1. The van der Waals surface area contributed by atoms with Gasteiger partial charge in [-0.25, -0.2) is 9.36 Å². The minimum atomic E-state index is -1.03. The Hall–Kier alpha value is -8.96. The fourth-order valence-corrected chi connectivity index (χ4v) is 21.6. The molecule has 0 bridgehead atoms. The fourth-order valence-electron chi connectivity index (χ4n) is 21.6. The van der Waals surface area contributed by atoms with Gasteiger partial charge >= 0.3 is 29.8 Å². The summed E-state index contributed by atoms with van der Waals surface area (Å²) in [6, 6.07) is 30.4. The van der Waals surface area contributed by atoms with E-state index >= 15 is 0 Å². The second-order valence-electron chi connectivity index (χ2n) is 36.0. The van der Waals surface area contributed by atoms with Gasteiger partial charge in [-0.3, -0.25) is 28.8 Å². The Balaban J connectivity index is 0.000000154. The smallest absolute Gasteiger partial charge is 0.311 e. The number of hydrogen-bond acceptors (Lipinski definition) is 19. The predicted octanol–water partition coefficient (Wildman–Crippen LogP) is 18.3. The van der Waals surface area contributed by atoms with Gasteiger partial charge in [0.15, 0.2) is 11.6 Å². The minimum absolute atomic E-state index is 0.0283. The summed E-state index contributed by atoms with van der Waals surface area (Å²) in [5.41, 5.74) is 5.56. The van der Waals surface area contributed by atoms with Gasteiger partial charge in [-0.2, -0.15) is 0 Å². The molecule has 8 aliphatic rings. The van der Waals surface area contributed by atoms with Crippen LogP contribution in [0, 0.1) is 45.3 Å². The molecule has 14 rings (SSSR count). The number of tetrazole rings is 2. The van der Waals surface area contributed by atoms with Gasteiger partial charge in [0.05, 0.1) is 97.1 Å². The highest BCUT2D eigenvalue weighted by Gasteiger charge is 2.42. The maximum Gasteiger partial charge on any atom is 0.311 e. The topological polar surface area (TPSA) is 307 Å². The van der Waals surface area contributed by atoms with E-state index in [4.69, 9.17) is 28.4 Å². The number of likely N-dealkylation sites (N-methyl/N-ethyl adjacent to an activating group) is 1. The number of ether oxygens (including phenoxy) is 7. The van der Waals surface area contributed by atoms with Crippen molar-refractivity contribution in [2.24, 2.45) is 59.4 Å². The lowest BCUT2D eigenvalue weighted by Gasteiger charge is -2.43. The third-order valence-electron chi connectivity index (χ3n) is 27.9. The van der Waals surface area contributed by atoms with Crippen LogP contribution in [0.5, 0.6) is 23.0 Å². The zero-order valence-electron chi connectivity index (χ0n) is 71.2. The molecule has 24 nitrogen and oxygen atoms in total. The van der Waals surface area contributed by atoms with Gasteiger partial charge in [0.2, 0.25) is 5.91 Å². The molecule has 2 aromatic heterocycles. The number of carbonyl (C=O) groups excluding carboxylic acids is 4. The van der Waals surface area contributed by atoms with Gasteiger partial charge in [-0.15, -0.1) is 10.2 Å². The monoisotopic (exact) mass is 1630 g/mol. The first-order valence-electron chi connectivity index (χ1n) is 44.4. The van der Waals surface area contributed by atoms with Crippen molar-refractivity contribution in [1.82, 2.24) is 45.7 Å². The molecule has 8 unspecified atom stereocenters. The summed E-state index contributed by atoms with van der Waals surface area (Å²) >= 11 is 0. The molecule has 8 aliphatic carbocycles. The predicted molar refractivity (Wildman–Crippen MR) is 448 cm³/mol. The van der Waals surface area contributed by atoms with Crippen LogP contribution in [0.15, 0.2) is 97.1 Å². The average Bonchev–Trinajstić information content (AvgIpc) is 1.66. The van der Waals surface area contributed by atoms with E-state index in [-0.39, 0.29) is 49.4 Å². The van der Waals surface area contributed by atoms with Crippen molar-refractivity contribution in [1.29, 1.82) is 0 Å². The lowest BCUT2D eigenvalue weighted by molar-refractivity contribution is -0.147. The van der Waals surface area contributed by atoms with Crippen LogP contribution in [-0.4, -0.2) is 141 Å². The Kier molecular flexibility index (Phi) is 33.8. The molecule has 644 valence electrons. The molecule has 6 aromatic rings. The Morgan fingerprint density at radius 1 is 0.381 bits per heavy atom. The van der Waals surface area contributed by atoms with Crippen molar-refractivity contribution >= 4 is 35.8 Å². The number of esters is 3. The Morgan fingerprint density at radius 3 is 0.924 bits per heavy atom. The Morgan fingerprint density at radius 2 is 0.653 bits per heavy atom. The molecular weight excluding hydrogens is 1500 g/mol. The van der Waals surface area contributed by atoms with Crippen LogP contribution in [-0.2, 0) is 57.1 Å². The molecule has 8 atom stereocenters. The zero-order valence-corrected chi connectivity index (χ0v) is 71.2. The number of benzene rings is 4. The number of rotatable bonds is 28. The van der Waals surface area contributed by atoms with Crippen LogP contribution >= 0.6 is 0 Å². The first-order valence-corrected chi connectivity index (χ1v) is 44.4. The molecule has 2 heterocycles. The SMILES string of the molecule is CNC(=O)C(CC(=O)OC)c1ccc(OCC2CCCC3(CCCCC3)C2)cc1.COC(=O)CC(C(=O)O)c1ccc(OCC2CCCC3(CCCCC3)C2)cc1.COC(=O)CC(c1ccc(OCC2CCCC3(CCCCC3)C2)cc1)c1nnnn1C.Cn1nnnc1C(CC(=O)O)c1ccc(OCC2CCCC3(CCCCC3)C2)cc1. The van der Waals surface area contributed by atoms with E-state index in [0.29, 0.717) is 62.5 Å². The van der Waals surface area contributed by atoms with Crippen LogP contribution in [0.1, 0.15) is 314 Å². The lowest BCUT2D eigenvalue weighted by Crippen LogP contribution is -2.33. The van der Waals surface area contributed by atoms with E-state index in [0.717, 1.165) is 66.1 Å². The van der Waals surface area contributed by atoms with E-state index < -0.39 is 35.7 Å². The van der Waals surface area contributed by atoms with Crippen molar-refractivity contribution in [2.45, 2.75) is 281 Å². The maximum absolute atomic E-state index is 12.2. The number of carboxylic acid groups (broad SMARTS) is 2. The van der Waals surface area contributed by atoms with Crippen LogP contribution < -0.4 is 24.3 Å². The molecule has 4 aromatic carbocycles. The molecule has 3 N–H and O–H groups in total. The zero-order chi connectivity index (χ0) is 83.3. The van der Waals surface area contributed by atoms with Gasteiger partial charge in [0, 0.05) is 21.1 Å². The van der Waals surface area contributed by atoms with Gasteiger partial charge in [-0.05, 0) is 265 Å². The first kappa shape index (κ1) is 89.8. The van der Waals surface area contributed by atoms with E-state index in [1.165, 1.54) is 257 Å². The number of amides is 1. The maximum atomic E-state index is 12.2. The van der Waals surface area contributed by atoms with Crippen molar-refractivity contribution in [3.05, 3.63) is 131 Å². The summed E-state index contributed by atoms with van der Waals surface area (Å²) in [4.78, 5) is 70.1. The van der Waals surface area contributed by atoms with Crippen LogP contribution in [0.25, 0.3) is 0 Å². The first-order chi connectivity index (χ1) is 57.2. The quantitative estimate of drug-likeness (QED) is 0.0303. The minimum Gasteiger partial charge on any atom is -0.493 e. The highest BCUT2D eigenvalue weighted by atomic mass is 16.5. The third-order valence-corrected chi connectivity index (χ3v) is 27.9. The fraction of sp³-hybridized carbons (Fsp3) is 0.660. The number of aryl methyl sites for hydroxylation is 2. The molecule has 24 heteroatoms. The molecule has 8 saturated carbocycles. The van der Waals surface area contributed by atoms with Crippen molar-refractivity contribution in [2.75, 3.05) is 54.8 Å². The number of methoxy groups -OCH3 is 3. The summed E-state index contributed by atoms with van der Waals surface area (Å²) in [6.45, 7) is 3.06. The molecule has 8 fully saturated rings. The van der Waals surface area contributed by atoms with E-state index in [2.05, 4.69) is 41.1 Å². The Labute approximate surface area is 698 Å². The second kappa shape index (κ2) is 44.4. The van der Waals surface area contributed by atoms with E-state index in [1.807, 2.05) is 84.9 Å². The number of nitrogens with zero attached hydrogens (tertiary/aromatic N) is 8. The van der Waals surface area contributed by atoms with Crippen LogP contribution in [0.3, 0.4) is 0 Å². The number of carbonyl (C=O) groups is 6. The third kappa shape index (κ3) is 26.0. The van der Waals surface area contributed by atoms with Gasteiger partial charge < -0.3 is 48.7 Å². The number of aromatic nitrogens is 8. The van der Waals surface area contributed by atoms with Crippen LogP contribution in [0.2, 0.25) is 0 Å². The molecule has 0 radical (unpaired) electrons. The average molecular weight is 1630 g/mol. The number of aliphatic carboxylic acids is 2. The molecule has 4 spiro atoms. The highest BCUT2D eigenvalue weighted by Crippen LogP contribution is 2.53. The molecule has 0 saturated heterocycles. The summed E-state index contributed by atoms with van der Waals surface area (Å²) < 4.78 is 41.8. The standard InChI is InChI=1S/C24H34N4O3.C24H35NO4.C23H32N4O3.C23H32O5/c1-28-23(25-26-27-28)21(15-22(29)30-2)19-8-10-20(11-9-19)31-17-18-7-6-14-24(16-18)12-4-3-5-13-24;1-25-23(27)21(15-22(26)28-2)19-8-10-20(11-9-19)29-17-18-7-6-14-24(16-18)12-4-3-5-13-24;1-27-22(24-25-26-27)20(14-21(28)29)18-7-9-19(10-8-18)30-16-17-6-5-13-23(15-17)11-3-2-4-12-23;1-27-21(24)14-20(22(25)26)18-7-9-19(10-8-18)28-16-17-6-5-13-23(15-17)11-3-2-4-12-23/h8-11,18,21H,3-7,12-17H2,1-2H3;8-11,18,21H,3-7,12-17H2,1-2H3,(H,25,27);7-10,17,20H,2-6,11-16H2,1H3,(H,28,29);7-10,17,20H,2-6,11-16H2,1H3,(H,25,26). The Bertz CT molecular complexity index is 4060. The van der Waals surface area contributed by atoms with Gasteiger partial charge in [0.1, 0.15) is 23.0 Å². The highest BCUT2D eigenvalue weighted by molar-refractivity contribution is 5.88. The van der Waals surface area contributed by atoms with Crippen molar-refractivity contribution in [3.63, 3.8) is 0 Å². The number of nitrogens with one attached hydrogen (secondary N) is 1. The van der Waals surface area contributed by atoms with E-state index in [1.54, 1.807) is 38.0 Å². The molecular formula is C94H133N9O15. The number of hydrogen-bond donors (Lipinski definition) is 3. The van der Waals surface area contributed by atoms with Gasteiger partial charge in [-0.1, -0.05) is 151 Å². The second-order valence-corrected chi connectivity index (χ2v) is 36.0. The number of carboxylic acids is 2. The van der Waals surface area contributed by atoms with Crippen molar-refractivity contribution in [3.8, 4) is 23.0 Å².